The van der Waals surface area contributed by atoms with E-state index < -0.39 is 6.10 Å². The first-order valence-corrected chi connectivity index (χ1v) is 9.61. The lowest BCUT2D eigenvalue weighted by atomic mass is 10.1. The Bertz CT molecular complexity index is 730. The number of halogens is 1. The molecule has 3 rings (SSSR count). The maximum atomic E-state index is 10.4. The Hall–Kier alpha value is -1.75. The van der Waals surface area contributed by atoms with Crippen LogP contribution >= 0.6 is 11.6 Å². The Kier molecular flexibility index (Phi) is 6.41. The molecule has 0 radical (unpaired) electrons. The molecule has 0 aromatic heterocycles. The molecule has 1 fully saturated rings. The van der Waals surface area contributed by atoms with Crippen molar-refractivity contribution in [3.05, 3.63) is 58.6 Å². The van der Waals surface area contributed by atoms with Crippen molar-refractivity contribution in [2.24, 2.45) is 0 Å². The summed E-state index contributed by atoms with van der Waals surface area (Å²) >= 11 is 6.09. The van der Waals surface area contributed by atoms with E-state index in [0.29, 0.717) is 13.2 Å². The molecule has 0 bridgehead atoms. The largest absolute Gasteiger partial charge is 0.490 e. The van der Waals surface area contributed by atoms with E-state index in [4.69, 9.17) is 16.3 Å². The Labute approximate surface area is 160 Å². The number of nitrogens with zero attached hydrogens (tertiary/aromatic N) is 1. The normalized spacial score (nSPS) is 16.5. The fourth-order valence-electron chi connectivity index (χ4n) is 3.40. The lowest BCUT2D eigenvalue weighted by Crippen LogP contribution is -3.16. The van der Waals surface area contributed by atoms with Crippen molar-refractivity contribution in [1.82, 2.24) is 0 Å². The van der Waals surface area contributed by atoms with E-state index in [1.807, 2.05) is 38.1 Å². The predicted octanol–water partition coefficient (Wildman–Crippen LogP) is 2.10. The van der Waals surface area contributed by atoms with Crippen LogP contribution in [-0.4, -0.2) is 50.5 Å². The van der Waals surface area contributed by atoms with Crippen molar-refractivity contribution in [3.8, 4) is 5.75 Å². The molecule has 0 saturated carbocycles. The zero-order valence-corrected chi connectivity index (χ0v) is 16.3. The molecule has 2 aromatic carbocycles. The number of hydrogen-bond donors (Lipinski definition) is 2. The first-order valence-electron chi connectivity index (χ1n) is 9.23. The minimum Gasteiger partial charge on any atom is -0.490 e. The number of aliphatic hydroxyl groups excluding tert-OH is 1. The maximum Gasteiger partial charge on any atom is 0.137 e. The van der Waals surface area contributed by atoms with Crippen LogP contribution in [0.3, 0.4) is 0 Å². The van der Waals surface area contributed by atoms with Crippen LogP contribution in [0.2, 0.25) is 5.02 Å². The van der Waals surface area contributed by atoms with E-state index in [9.17, 15) is 5.11 Å². The van der Waals surface area contributed by atoms with E-state index in [0.717, 1.165) is 42.5 Å². The molecule has 0 aliphatic carbocycles. The maximum absolute atomic E-state index is 10.4. The van der Waals surface area contributed by atoms with E-state index in [-0.39, 0.29) is 0 Å². The van der Waals surface area contributed by atoms with E-state index in [1.165, 1.54) is 16.2 Å². The fourth-order valence-corrected chi connectivity index (χ4v) is 3.58. The van der Waals surface area contributed by atoms with Gasteiger partial charge in [0.15, 0.2) is 0 Å². The highest BCUT2D eigenvalue weighted by Gasteiger charge is 2.23. The standard InChI is InChI=1S/C21H27ClN2O2/c1-16-6-7-17(2)21(12-16)26-15-20(25)14-23-8-10-24(11-9-23)19-5-3-4-18(22)13-19/h3-7,12-13,20,25H,8-11,14-15H2,1-2H3/p+1/t20-/m1/s1. The number of rotatable bonds is 6. The number of nitrogens with one attached hydrogen (secondary N) is 1. The zero-order valence-electron chi connectivity index (χ0n) is 15.5. The molecule has 2 N–H and O–H groups in total. The summed E-state index contributed by atoms with van der Waals surface area (Å²) in [5.74, 6) is 0.866. The number of ether oxygens (including phenoxy) is 1. The second kappa shape index (κ2) is 8.76. The Morgan fingerprint density at radius 2 is 1.92 bits per heavy atom. The third-order valence-corrected chi connectivity index (χ3v) is 5.18. The number of anilines is 1. The third kappa shape index (κ3) is 5.13. The zero-order chi connectivity index (χ0) is 18.5. The van der Waals surface area contributed by atoms with Gasteiger partial charge in [0.2, 0.25) is 0 Å². The first-order chi connectivity index (χ1) is 12.5. The van der Waals surface area contributed by atoms with Crippen LogP contribution in [0.4, 0.5) is 5.69 Å². The fraction of sp³-hybridized carbons (Fsp3) is 0.429. The Morgan fingerprint density at radius 1 is 1.15 bits per heavy atom. The molecular formula is C21H28ClN2O2+. The van der Waals surface area contributed by atoms with E-state index >= 15 is 0 Å². The molecule has 0 amide bonds. The summed E-state index contributed by atoms with van der Waals surface area (Å²) in [4.78, 5) is 3.77. The molecule has 1 saturated heterocycles. The summed E-state index contributed by atoms with van der Waals surface area (Å²) in [6, 6.07) is 14.2. The van der Waals surface area contributed by atoms with Gasteiger partial charge in [0, 0.05) is 10.7 Å². The number of piperazine rings is 1. The van der Waals surface area contributed by atoms with Gasteiger partial charge in [0.1, 0.15) is 25.0 Å². The summed E-state index contributed by atoms with van der Waals surface area (Å²) in [5, 5.41) is 11.1. The van der Waals surface area contributed by atoms with Gasteiger partial charge < -0.3 is 19.6 Å². The molecule has 140 valence electrons. The number of hydrogen-bond acceptors (Lipinski definition) is 3. The SMILES string of the molecule is Cc1ccc(C)c(OC[C@H](O)C[NH+]2CCN(c3cccc(Cl)c3)CC2)c1. The van der Waals surface area contributed by atoms with Gasteiger partial charge in [-0.05, 0) is 49.2 Å². The van der Waals surface area contributed by atoms with Gasteiger partial charge in [0.25, 0.3) is 0 Å². The molecule has 26 heavy (non-hydrogen) atoms. The molecule has 1 aliphatic heterocycles. The summed E-state index contributed by atoms with van der Waals surface area (Å²) < 4.78 is 5.84. The summed E-state index contributed by atoms with van der Waals surface area (Å²) in [7, 11) is 0. The van der Waals surface area contributed by atoms with Gasteiger partial charge in [-0.2, -0.15) is 0 Å². The van der Waals surface area contributed by atoms with Gasteiger partial charge >= 0.3 is 0 Å². The van der Waals surface area contributed by atoms with Crippen LogP contribution in [-0.2, 0) is 0 Å². The number of aliphatic hydroxyl groups is 1. The van der Waals surface area contributed by atoms with Gasteiger partial charge in [-0.15, -0.1) is 0 Å². The minimum absolute atomic E-state index is 0.339. The van der Waals surface area contributed by atoms with Crippen LogP contribution < -0.4 is 14.5 Å². The monoisotopic (exact) mass is 375 g/mol. The van der Waals surface area contributed by atoms with Gasteiger partial charge in [0.05, 0.1) is 26.2 Å². The van der Waals surface area contributed by atoms with E-state index in [1.54, 1.807) is 0 Å². The van der Waals surface area contributed by atoms with Crippen molar-refractivity contribution in [1.29, 1.82) is 0 Å². The highest BCUT2D eigenvalue weighted by Crippen LogP contribution is 2.20. The number of quaternary nitrogens is 1. The molecule has 0 unspecified atom stereocenters. The average molecular weight is 376 g/mol. The van der Waals surface area contributed by atoms with Crippen molar-refractivity contribution in [2.75, 3.05) is 44.2 Å². The van der Waals surface area contributed by atoms with Crippen molar-refractivity contribution >= 4 is 17.3 Å². The molecule has 4 nitrogen and oxygen atoms in total. The van der Waals surface area contributed by atoms with Crippen LogP contribution in [0.5, 0.6) is 5.75 Å². The van der Waals surface area contributed by atoms with E-state index in [2.05, 4.69) is 23.1 Å². The highest BCUT2D eigenvalue weighted by molar-refractivity contribution is 6.30. The second-order valence-corrected chi connectivity index (χ2v) is 7.59. The second-order valence-electron chi connectivity index (χ2n) is 7.15. The summed E-state index contributed by atoms with van der Waals surface area (Å²) in [6.45, 7) is 9.09. The minimum atomic E-state index is -0.456. The van der Waals surface area contributed by atoms with Crippen LogP contribution in [0.15, 0.2) is 42.5 Å². The molecule has 0 spiro atoms. The molecule has 1 heterocycles. The smallest absolute Gasteiger partial charge is 0.137 e. The van der Waals surface area contributed by atoms with Crippen LogP contribution in [0.1, 0.15) is 11.1 Å². The third-order valence-electron chi connectivity index (χ3n) is 4.94. The first kappa shape index (κ1) is 19.0. The predicted molar refractivity (Wildman–Crippen MR) is 107 cm³/mol. The molecule has 2 aromatic rings. The van der Waals surface area contributed by atoms with Gasteiger partial charge in [-0.1, -0.05) is 29.8 Å². The highest BCUT2D eigenvalue weighted by atomic mass is 35.5. The summed E-state index contributed by atoms with van der Waals surface area (Å²) in [5.41, 5.74) is 3.45. The van der Waals surface area contributed by atoms with Crippen LogP contribution in [0, 0.1) is 13.8 Å². The molecule has 5 heteroatoms. The van der Waals surface area contributed by atoms with Gasteiger partial charge in [-0.25, -0.2) is 0 Å². The molecule has 1 aliphatic rings. The Balaban J connectivity index is 1.44. The van der Waals surface area contributed by atoms with Gasteiger partial charge in [-0.3, -0.25) is 0 Å². The lowest BCUT2D eigenvalue weighted by Gasteiger charge is -2.34. The Morgan fingerprint density at radius 3 is 2.65 bits per heavy atom. The van der Waals surface area contributed by atoms with Crippen molar-refractivity contribution in [3.63, 3.8) is 0 Å². The number of aryl methyl sites for hydroxylation is 2. The van der Waals surface area contributed by atoms with Crippen molar-refractivity contribution < 1.29 is 14.7 Å². The number of benzene rings is 2. The summed E-state index contributed by atoms with van der Waals surface area (Å²) in [6.07, 6.45) is -0.456. The topological polar surface area (TPSA) is 37.1 Å². The van der Waals surface area contributed by atoms with Crippen molar-refractivity contribution in [2.45, 2.75) is 20.0 Å². The average Bonchev–Trinajstić information content (AvgIpc) is 2.63. The molecule has 1 atom stereocenters. The van der Waals surface area contributed by atoms with Crippen LogP contribution in [0.25, 0.3) is 0 Å². The quantitative estimate of drug-likeness (QED) is 0.812. The molecular weight excluding hydrogens is 348 g/mol. The lowest BCUT2D eigenvalue weighted by molar-refractivity contribution is -0.903.